The maximum atomic E-state index is 5.99. The Hall–Kier alpha value is -0.426. The summed E-state index contributed by atoms with van der Waals surface area (Å²) in [6, 6.07) is 13.4. The van der Waals surface area contributed by atoms with Crippen LogP contribution in [0.1, 0.15) is 19.3 Å². The third-order valence-electron chi connectivity index (χ3n) is 3.93. The van der Waals surface area contributed by atoms with E-state index in [1.54, 1.807) is 0 Å². The molecule has 4 heteroatoms. The van der Waals surface area contributed by atoms with Gasteiger partial charge in [-0.25, -0.2) is 0 Å². The number of hydrogen-bond acceptors (Lipinski definition) is 2. The molecule has 1 aliphatic heterocycles. The Morgan fingerprint density at radius 2 is 1.53 bits per heavy atom. The number of rotatable bonds is 4. The van der Waals surface area contributed by atoms with E-state index in [1.165, 1.54) is 36.5 Å². The van der Waals surface area contributed by atoms with Crippen LogP contribution in [0.5, 0.6) is 0 Å². The van der Waals surface area contributed by atoms with Gasteiger partial charge in [-0.05, 0) is 5.19 Å². The second kappa shape index (κ2) is 5.95. The van der Waals surface area contributed by atoms with Gasteiger partial charge in [-0.2, -0.15) is 0 Å². The van der Waals surface area contributed by atoms with Crippen LogP contribution >= 0.6 is 0 Å². The van der Waals surface area contributed by atoms with Crippen LogP contribution in [-0.4, -0.2) is 30.6 Å². The topological polar surface area (TPSA) is 18.5 Å². The third-order valence-corrected chi connectivity index (χ3v) is 16.9. The fourth-order valence-electron chi connectivity index (χ4n) is 3.04. The summed E-state index contributed by atoms with van der Waals surface area (Å²) >= 11 is 0. The molecule has 2 rings (SSSR count). The first kappa shape index (κ1) is 13.0. The summed E-state index contributed by atoms with van der Waals surface area (Å²) in [6.45, 7) is 0. The fraction of sp³-hybridized carbons (Fsp3) is 0.538. The van der Waals surface area contributed by atoms with Gasteiger partial charge in [-0.3, -0.25) is 0 Å². The molecule has 0 amide bonds. The Morgan fingerprint density at radius 3 is 2.06 bits per heavy atom. The van der Waals surface area contributed by atoms with Gasteiger partial charge < -0.3 is 8.85 Å². The van der Waals surface area contributed by atoms with Crippen molar-refractivity contribution in [2.75, 3.05) is 14.2 Å². The first-order valence-corrected chi connectivity index (χ1v) is 11.7. The average molecular weight is 266 g/mol. The zero-order chi connectivity index (χ0) is 12.1. The highest BCUT2D eigenvalue weighted by Gasteiger charge is 2.47. The monoisotopic (exact) mass is 266 g/mol. The zero-order valence-electron chi connectivity index (χ0n) is 10.8. The van der Waals surface area contributed by atoms with Crippen LogP contribution in [0.25, 0.3) is 0 Å². The van der Waals surface area contributed by atoms with E-state index in [1.807, 2.05) is 14.2 Å². The minimum absolute atomic E-state index is 0.909. The lowest BCUT2D eigenvalue weighted by molar-refractivity contribution is 0.277. The highest BCUT2D eigenvalue weighted by Crippen LogP contribution is 2.26. The largest absolute Gasteiger partial charge is 0.397 e. The smallest absolute Gasteiger partial charge is 0.345 e. The van der Waals surface area contributed by atoms with Crippen molar-refractivity contribution >= 4 is 21.6 Å². The summed E-state index contributed by atoms with van der Waals surface area (Å²) < 4.78 is 12.0. The van der Waals surface area contributed by atoms with Gasteiger partial charge in [-0.1, -0.05) is 61.7 Å². The highest BCUT2D eigenvalue weighted by molar-refractivity contribution is 7.33. The van der Waals surface area contributed by atoms with Crippen molar-refractivity contribution in [1.29, 1.82) is 0 Å². The molecule has 1 fully saturated rings. The maximum Gasteiger partial charge on any atom is 0.345 e. The van der Waals surface area contributed by atoms with Crippen LogP contribution in [0.2, 0.25) is 12.1 Å². The Kier molecular flexibility index (Phi) is 4.56. The first-order valence-electron chi connectivity index (χ1n) is 6.49. The predicted molar refractivity (Wildman–Crippen MR) is 76.5 cm³/mol. The molecule has 1 heterocycles. The van der Waals surface area contributed by atoms with E-state index in [2.05, 4.69) is 30.3 Å². The molecule has 0 radical (unpaired) electrons. The predicted octanol–water partition coefficient (Wildman–Crippen LogP) is 2.12. The van der Waals surface area contributed by atoms with Crippen molar-refractivity contribution in [2.45, 2.75) is 31.4 Å². The lowest BCUT2D eigenvalue weighted by Crippen LogP contribution is -2.64. The molecule has 0 aliphatic carbocycles. The second-order valence-electron chi connectivity index (χ2n) is 4.78. The van der Waals surface area contributed by atoms with Crippen LogP contribution in [-0.2, 0) is 8.85 Å². The standard InChI is InChI=1S/C13H22O2Si2/c1-14-17(15-2,13-9-5-3-6-10-13)16-11-7-4-8-12-16/h3,5-6,9-10,16H,4,7-8,11-12H2,1-2H3. The molecule has 2 nitrogen and oxygen atoms in total. The molecule has 0 bridgehead atoms. The number of hydrogen-bond donors (Lipinski definition) is 0. The summed E-state index contributed by atoms with van der Waals surface area (Å²) in [7, 11) is 0.714. The molecule has 0 spiro atoms. The lowest BCUT2D eigenvalue weighted by atomic mass is 10.3. The molecule has 0 aromatic heterocycles. The second-order valence-corrected chi connectivity index (χ2v) is 14.8. The van der Waals surface area contributed by atoms with E-state index in [9.17, 15) is 0 Å². The molecule has 94 valence electrons. The van der Waals surface area contributed by atoms with Crippen molar-refractivity contribution < 1.29 is 8.85 Å². The summed E-state index contributed by atoms with van der Waals surface area (Å²) in [6.07, 6.45) is 4.16. The SMILES string of the molecule is CO[Si](OC)(c1ccccc1)[SiH]1CCCCC1. The molecule has 0 unspecified atom stereocenters. The third kappa shape index (κ3) is 2.55. The Morgan fingerprint density at radius 1 is 0.941 bits per heavy atom. The van der Waals surface area contributed by atoms with Crippen LogP contribution in [0.3, 0.4) is 0 Å². The molecule has 17 heavy (non-hydrogen) atoms. The van der Waals surface area contributed by atoms with Crippen molar-refractivity contribution in [2.24, 2.45) is 0 Å². The van der Waals surface area contributed by atoms with E-state index in [-0.39, 0.29) is 0 Å². The summed E-state index contributed by atoms with van der Waals surface area (Å²) in [5, 5.41) is 1.34. The summed E-state index contributed by atoms with van der Waals surface area (Å²) in [5.41, 5.74) is 0. The van der Waals surface area contributed by atoms with Crippen LogP contribution < -0.4 is 5.19 Å². The van der Waals surface area contributed by atoms with Gasteiger partial charge in [0.05, 0.1) is 0 Å². The van der Waals surface area contributed by atoms with E-state index in [0.717, 1.165) is 0 Å². The Bertz CT molecular complexity index is 333. The fourth-order valence-corrected chi connectivity index (χ4v) is 15.6. The molecule has 1 aliphatic rings. The molecule has 0 saturated carbocycles. The minimum atomic E-state index is -2.08. The van der Waals surface area contributed by atoms with Gasteiger partial charge in [0.1, 0.15) is 8.31 Å². The van der Waals surface area contributed by atoms with Crippen LogP contribution in [0.4, 0.5) is 0 Å². The van der Waals surface area contributed by atoms with Crippen molar-refractivity contribution in [3.8, 4) is 0 Å². The summed E-state index contributed by atoms with van der Waals surface area (Å²) in [5.74, 6) is 0. The maximum absolute atomic E-state index is 5.99. The van der Waals surface area contributed by atoms with Crippen molar-refractivity contribution in [1.82, 2.24) is 0 Å². The van der Waals surface area contributed by atoms with Crippen LogP contribution in [0.15, 0.2) is 30.3 Å². The number of benzene rings is 1. The van der Waals surface area contributed by atoms with Crippen LogP contribution in [0, 0.1) is 0 Å². The van der Waals surface area contributed by atoms with E-state index in [0.29, 0.717) is 0 Å². The van der Waals surface area contributed by atoms with E-state index in [4.69, 9.17) is 8.85 Å². The van der Waals surface area contributed by atoms with Gasteiger partial charge in [0, 0.05) is 14.2 Å². The molecule has 1 aromatic carbocycles. The van der Waals surface area contributed by atoms with Crippen molar-refractivity contribution in [3.63, 3.8) is 0 Å². The Balaban J connectivity index is 2.30. The normalized spacial score (nSPS) is 18.2. The van der Waals surface area contributed by atoms with Crippen molar-refractivity contribution in [3.05, 3.63) is 30.3 Å². The average Bonchev–Trinajstić information content (AvgIpc) is 2.43. The lowest BCUT2D eigenvalue weighted by Gasteiger charge is -2.36. The Labute approximate surface area is 107 Å². The molecule has 1 saturated heterocycles. The van der Waals surface area contributed by atoms with E-state index >= 15 is 0 Å². The molecule has 1 aromatic rings. The summed E-state index contributed by atoms with van der Waals surface area (Å²) in [4.78, 5) is 0. The van der Waals surface area contributed by atoms with Gasteiger partial charge in [0.2, 0.25) is 0 Å². The van der Waals surface area contributed by atoms with Gasteiger partial charge in [0.25, 0.3) is 0 Å². The molecular formula is C13H22O2Si2. The highest BCUT2D eigenvalue weighted by atomic mass is 29.3. The van der Waals surface area contributed by atoms with Gasteiger partial charge in [0.15, 0.2) is 0 Å². The zero-order valence-corrected chi connectivity index (χ0v) is 13.0. The van der Waals surface area contributed by atoms with Gasteiger partial charge >= 0.3 is 8.08 Å². The van der Waals surface area contributed by atoms with E-state index < -0.39 is 16.4 Å². The first-order chi connectivity index (χ1) is 8.33. The van der Waals surface area contributed by atoms with Gasteiger partial charge in [-0.15, -0.1) is 0 Å². The molecular weight excluding hydrogens is 244 g/mol. The quantitative estimate of drug-likeness (QED) is 0.777. The molecule has 0 atom stereocenters. The molecule has 0 N–H and O–H groups in total. The minimum Gasteiger partial charge on any atom is -0.397 e.